The van der Waals surface area contributed by atoms with Crippen LogP contribution in [0.3, 0.4) is 0 Å². The number of halogens is 1. The minimum Gasteiger partial charge on any atom is -0.251 e. The summed E-state index contributed by atoms with van der Waals surface area (Å²) in [6.07, 6.45) is 4.46. The van der Waals surface area contributed by atoms with Crippen LogP contribution in [0.4, 0.5) is 4.39 Å². The predicted molar refractivity (Wildman–Crippen MR) is 29.9 cm³/mol. The lowest BCUT2D eigenvalue weighted by molar-refractivity contribution is 0.232. The molecular formula is C6H10FO. The molecule has 0 spiro atoms. The summed E-state index contributed by atoms with van der Waals surface area (Å²) in [5.41, 5.74) is 0. The zero-order chi connectivity index (χ0) is 6.24. The molecule has 0 bridgehead atoms. The molecule has 1 radical (unpaired) electrons. The number of hydrogen-bond donors (Lipinski definition) is 0. The summed E-state index contributed by atoms with van der Waals surface area (Å²) < 4.78 is 11.3. The minimum absolute atomic E-state index is 0.188. The highest BCUT2D eigenvalue weighted by atomic mass is 19.1. The predicted octanol–water partition coefficient (Wildman–Crippen LogP) is 1.72. The Labute approximate surface area is 48.8 Å². The third kappa shape index (κ3) is 5.63. The van der Waals surface area contributed by atoms with Crippen molar-refractivity contribution >= 4 is 0 Å². The SMILES string of the molecule is [O]C/C=C/CCCF. The van der Waals surface area contributed by atoms with Crippen molar-refractivity contribution in [2.24, 2.45) is 0 Å². The summed E-state index contributed by atoms with van der Waals surface area (Å²) in [6, 6.07) is 0. The first kappa shape index (κ1) is 7.63. The highest BCUT2D eigenvalue weighted by molar-refractivity contribution is 4.79. The maximum atomic E-state index is 11.3. The Morgan fingerprint density at radius 2 is 2.12 bits per heavy atom. The fourth-order valence-electron chi connectivity index (χ4n) is 0.381. The molecule has 0 saturated heterocycles. The van der Waals surface area contributed by atoms with Crippen molar-refractivity contribution in [1.29, 1.82) is 0 Å². The van der Waals surface area contributed by atoms with Crippen LogP contribution in [0.25, 0.3) is 0 Å². The molecule has 0 N–H and O–H groups in total. The van der Waals surface area contributed by atoms with Gasteiger partial charge in [0.1, 0.15) is 6.61 Å². The van der Waals surface area contributed by atoms with E-state index < -0.39 is 0 Å². The number of allylic oxidation sites excluding steroid dienone is 1. The van der Waals surface area contributed by atoms with Gasteiger partial charge in [-0.3, -0.25) is 4.39 Å². The molecule has 0 aromatic heterocycles. The summed E-state index contributed by atoms with van der Waals surface area (Å²) in [5, 5.41) is 9.71. The molecule has 0 aromatic rings. The van der Waals surface area contributed by atoms with E-state index in [-0.39, 0.29) is 13.3 Å². The molecule has 0 aliphatic carbocycles. The first-order chi connectivity index (χ1) is 3.91. The molecular weight excluding hydrogens is 107 g/mol. The van der Waals surface area contributed by atoms with Gasteiger partial charge in [0.15, 0.2) is 0 Å². The fourth-order valence-corrected chi connectivity index (χ4v) is 0.381. The molecule has 0 unspecified atom stereocenters. The van der Waals surface area contributed by atoms with Gasteiger partial charge in [-0.1, -0.05) is 12.2 Å². The average molecular weight is 117 g/mol. The molecule has 0 fully saturated rings. The lowest BCUT2D eigenvalue weighted by Gasteiger charge is -1.82. The highest BCUT2D eigenvalue weighted by Gasteiger charge is 1.77. The molecule has 47 valence electrons. The van der Waals surface area contributed by atoms with Crippen molar-refractivity contribution < 1.29 is 9.50 Å². The second-order valence-electron chi connectivity index (χ2n) is 1.47. The standard InChI is InChI=1S/C6H10FO/c7-5-3-1-2-4-6-8/h2,4H,1,3,5-6H2/b4-2+. The molecule has 0 aliphatic heterocycles. The molecule has 2 heteroatoms. The molecule has 0 atom stereocenters. The van der Waals surface area contributed by atoms with Crippen molar-refractivity contribution in [3.05, 3.63) is 12.2 Å². The van der Waals surface area contributed by atoms with E-state index in [9.17, 15) is 9.50 Å². The van der Waals surface area contributed by atoms with Gasteiger partial charge in [0.05, 0.1) is 6.67 Å². The molecule has 0 heterocycles. The van der Waals surface area contributed by atoms with E-state index in [1.807, 2.05) is 0 Å². The quantitative estimate of drug-likeness (QED) is 0.394. The molecule has 1 nitrogen and oxygen atoms in total. The monoisotopic (exact) mass is 117 g/mol. The highest BCUT2D eigenvalue weighted by Crippen LogP contribution is 1.89. The Balaban J connectivity index is 2.80. The Kier molecular flexibility index (Phi) is 6.32. The third-order valence-electron chi connectivity index (χ3n) is 0.767. The van der Waals surface area contributed by atoms with Crippen molar-refractivity contribution in [2.45, 2.75) is 12.8 Å². The molecule has 8 heavy (non-hydrogen) atoms. The van der Waals surface area contributed by atoms with Gasteiger partial charge in [0, 0.05) is 0 Å². The maximum Gasteiger partial charge on any atom is 0.100 e. The van der Waals surface area contributed by atoms with Crippen molar-refractivity contribution in [3.63, 3.8) is 0 Å². The smallest absolute Gasteiger partial charge is 0.100 e. The van der Waals surface area contributed by atoms with Gasteiger partial charge in [-0.25, -0.2) is 5.11 Å². The summed E-state index contributed by atoms with van der Waals surface area (Å²) in [6.45, 7) is -0.477. The third-order valence-corrected chi connectivity index (χ3v) is 0.767. The molecule has 0 aliphatic rings. The van der Waals surface area contributed by atoms with Crippen LogP contribution in [0.2, 0.25) is 0 Å². The summed E-state index contributed by atoms with van der Waals surface area (Å²) in [4.78, 5) is 0. The van der Waals surface area contributed by atoms with Crippen LogP contribution < -0.4 is 0 Å². The van der Waals surface area contributed by atoms with Gasteiger partial charge in [-0.2, -0.15) is 0 Å². The van der Waals surface area contributed by atoms with Gasteiger partial charge in [0.25, 0.3) is 0 Å². The van der Waals surface area contributed by atoms with Crippen LogP contribution in [0, 0.1) is 0 Å². The van der Waals surface area contributed by atoms with Crippen LogP contribution in [-0.2, 0) is 5.11 Å². The van der Waals surface area contributed by atoms with Crippen LogP contribution in [0.1, 0.15) is 12.8 Å². The minimum atomic E-state index is -0.288. The first-order valence-corrected chi connectivity index (χ1v) is 2.71. The zero-order valence-corrected chi connectivity index (χ0v) is 4.77. The van der Waals surface area contributed by atoms with Gasteiger partial charge >= 0.3 is 0 Å². The summed E-state index contributed by atoms with van der Waals surface area (Å²) in [7, 11) is 0. The Hall–Kier alpha value is -0.370. The van der Waals surface area contributed by atoms with E-state index in [1.54, 1.807) is 6.08 Å². The summed E-state index contributed by atoms with van der Waals surface area (Å²) >= 11 is 0. The molecule has 0 aromatic carbocycles. The Bertz CT molecular complexity index is 61.5. The normalized spacial score (nSPS) is 10.8. The van der Waals surface area contributed by atoms with E-state index >= 15 is 0 Å². The van der Waals surface area contributed by atoms with Crippen LogP contribution in [-0.4, -0.2) is 13.3 Å². The van der Waals surface area contributed by atoms with Crippen molar-refractivity contribution in [3.8, 4) is 0 Å². The second-order valence-corrected chi connectivity index (χ2v) is 1.47. The van der Waals surface area contributed by atoms with E-state index in [4.69, 9.17) is 0 Å². The van der Waals surface area contributed by atoms with E-state index in [0.717, 1.165) is 0 Å². The Morgan fingerprint density at radius 1 is 1.38 bits per heavy atom. The molecule has 0 amide bonds. The van der Waals surface area contributed by atoms with Crippen LogP contribution in [0.15, 0.2) is 12.2 Å². The zero-order valence-electron chi connectivity index (χ0n) is 4.77. The van der Waals surface area contributed by atoms with Gasteiger partial charge < -0.3 is 0 Å². The number of rotatable bonds is 4. The Morgan fingerprint density at radius 3 is 2.62 bits per heavy atom. The maximum absolute atomic E-state index is 11.3. The first-order valence-electron chi connectivity index (χ1n) is 2.71. The van der Waals surface area contributed by atoms with Gasteiger partial charge in [-0.15, -0.1) is 0 Å². The average Bonchev–Trinajstić information content (AvgIpc) is 1.81. The lowest BCUT2D eigenvalue weighted by Crippen LogP contribution is -1.73. The van der Waals surface area contributed by atoms with Crippen LogP contribution >= 0.6 is 0 Å². The second kappa shape index (κ2) is 6.63. The lowest BCUT2D eigenvalue weighted by atomic mass is 10.3. The van der Waals surface area contributed by atoms with E-state index in [2.05, 4.69) is 0 Å². The van der Waals surface area contributed by atoms with E-state index in [0.29, 0.717) is 12.8 Å². The van der Waals surface area contributed by atoms with Gasteiger partial charge in [-0.05, 0) is 12.8 Å². The van der Waals surface area contributed by atoms with Crippen LogP contribution in [0.5, 0.6) is 0 Å². The fraction of sp³-hybridized carbons (Fsp3) is 0.667. The molecule has 0 saturated carbocycles. The molecule has 0 rings (SSSR count). The number of unbranched alkanes of at least 4 members (excludes halogenated alkanes) is 1. The number of hydrogen-bond acceptors (Lipinski definition) is 0. The van der Waals surface area contributed by atoms with Gasteiger partial charge in [0.2, 0.25) is 0 Å². The number of alkyl halides is 1. The van der Waals surface area contributed by atoms with Crippen molar-refractivity contribution in [2.75, 3.05) is 13.3 Å². The van der Waals surface area contributed by atoms with Crippen molar-refractivity contribution in [1.82, 2.24) is 0 Å². The topological polar surface area (TPSA) is 19.9 Å². The summed E-state index contributed by atoms with van der Waals surface area (Å²) in [5.74, 6) is 0. The largest absolute Gasteiger partial charge is 0.251 e. The van der Waals surface area contributed by atoms with E-state index in [1.165, 1.54) is 6.08 Å².